The molecule has 1 aliphatic rings. The first-order chi connectivity index (χ1) is 13.9. The van der Waals surface area contributed by atoms with Gasteiger partial charge in [-0.05, 0) is 28.6 Å². The maximum absolute atomic E-state index is 12.8. The van der Waals surface area contributed by atoms with Crippen molar-refractivity contribution in [1.82, 2.24) is 35.1 Å². The van der Waals surface area contributed by atoms with E-state index in [2.05, 4.69) is 25.5 Å². The summed E-state index contributed by atoms with van der Waals surface area (Å²) >= 11 is 0. The van der Waals surface area contributed by atoms with Crippen LogP contribution in [0, 0.1) is 0 Å². The summed E-state index contributed by atoms with van der Waals surface area (Å²) in [5, 5.41) is 10.9. The lowest BCUT2D eigenvalue weighted by Crippen LogP contribution is -2.49. The third kappa shape index (κ3) is 4.00. The Balaban J connectivity index is 1.44. The molecule has 3 heterocycles. The van der Waals surface area contributed by atoms with Crippen LogP contribution < -0.4 is 4.90 Å². The maximum Gasteiger partial charge on any atom is 0.433 e. The highest BCUT2D eigenvalue weighted by Gasteiger charge is 2.33. The summed E-state index contributed by atoms with van der Waals surface area (Å²) in [7, 11) is 0. The van der Waals surface area contributed by atoms with Gasteiger partial charge in [0, 0.05) is 37.8 Å². The number of carbonyl (C=O) groups excluding carboxylic acids is 1. The van der Waals surface area contributed by atoms with Crippen molar-refractivity contribution >= 4 is 11.7 Å². The highest BCUT2D eigenvalue weighted by molar-refractivity contribution is 5.95. The van der Waals surface area contributed by atoms with Crippen LogP contribution in [0.3, 0.4) is 0 Å². The molecule has 3 aromatic rings. The third-order valence-corrected chi connectivity index (χ3v) is 4.54. The average Bonchev–Trinajstić information content (AvgIpc) is 3.28. The van der Waals surface area contributed by atoms with Crippen molar-refractivity contribution < 1.29 is 18.0 Å². The van der Waals surface area contributed by atoms with Crippen molar-refractivity contribution in [3.63, 3.8) is 0 Å². The lowest BCUT2D eigenvalue weighted by molar-refractivity contribution is -0.141. The van der Waals surface area contributed by atoms with Crippen LogP contribution in [-0.4, -0.2) is 67.2 Å². The average molecular weight is 404 g/mol. The van der Waals surface area contributed by atoms with Crippen LogP contribution in [0.15, 0.2) is 43.0 Å². The molecule has 12 heteroatoms. The summed E-state index contributed by atoms with van der Waals surface area (Å²) < 4.78 is 40.0. The van der Waals surface area contributed by atoms with Crippen LogP contribution in [0.25, 0.3) is 5.69 Å². The van der Waals surface area contributed by atoms with E-state index in [4.69, 9.17) is 0 Å². The van der Waals surface area contributed by atoms with Crippen molar-refractivity contribution in [1.29, 1.82) is 0 Å². The van der Waals surface area contributed by atoms with Gasteiger partial charge in [0.15, 0.2) is 0 Å². The van der Waals surface area contributed by atoms with Crippen molar-refractivity contribution in [2.75, 3.05) is 31.1 Å². The lowest BCUT2D eigenvalue weighted by Gasteiger charge is -2.35. The summed E-state index contributed by atoms with van der Waals surface area (Å²) in [5.74, 6) is 0.0262. The zero-order chi connectivity index (χ0) is 20.4. The van der Waals surface area contributed by atoms with E-state index in [1.165, 1.54) is 11.0 Å². The number of amides is 1. The van der Waals surface area contributed by atoms with E-state index in [9.17, 15) is 18.0 Å². The molecular formula is C17H15F3N8O. The Morgan fingerprint density at radius 1 is 1.03 bits per heavy atom. The minimum Gasteiger partial charge on any atom is -0.353 e. The number of carbonyl (C=O) groups is 1. The van der Waals surface area contributed by atoms with E-state index in [1.807, 2.05) is 0 Å². The molecule has 1 saturated heterocycles. The largest absolute Gasteiger partial charge is 0.433 e. The highest BCUT2D eigenvalue weighted by Crippen LogP contribution is 2.29. The number of halogens is 3. The minimum atomic E-state index is -4.53. The quantitative estimate of drug-likeness (QED) is 0.652. The second-order valence-corrected chi connectivity index (χ2v) is 6.34. The third-order valence-electron chi connectivity index (χ3n) is 4.54. The summed E-state index contributed by atoms with van der Waals surface area (Å²) in [6.45, 7) is 1.46. The van der Waals surface area contributed by atoms with E-state index in [0.717, 1.165) is 12.4 Å². The molecular weight excluding hydrogens is 389 g/mol. The molecule has 0 N–H and O–H groups in total. The van der Waals surface area contributed by atoms with E-state index in [1.54, 1.807) is 34.1 Å². The predicted molar refractivity (Wildman–Crippen MR) is 94.3 cm³/mol. The van der Waals surface area contributed by atoms with Gasteiger partial charge in [0.05, 0.1) is 5.69 Å². The standard InChI is InChI=1S/C17H15F3N8O/c18-17(19,20)14-9-15(22-10-21-14)26-4-6-27(7-5-26)16(29)12-2-1-3-13(8-12)28-11-23-24-25-28/h1-3,8-11H,4-7H2. The number of benzene rings is 1. The zero-order valence-corrected chi connectivity index (χ0v) is 15.0. The maximum atomic E-state index is 12.8. The molecule has 1 aromatic carbocycles. The Morgan fingerprint density at radius 2 is 1.83 bits per heavy atom. The molecule has 0 atom stereocenters. The molecule has 9 nitrogen and oxygen atoms in total. The molecule has 4 rings (SSSR count). The van der Waals surface area contributed by atoms with Gasteiger partial charge in [-0.2, -0.15) is 13.2 Å². The number of nitrogens with zero attached hydrogens (tertiary/aromatic N) is 8. The molecule has 150 valence electrons. The van der Waals surface area contributed by atoms with Crippen molar-refractivity contribution in [2.24, 2.45) is 0 Å². The number of tetrazole rings is 1. The predicted octanol–water partition coefficient (Wildman–Crippen LogP) is 1.43. The van der Waals surface area contributed by atoms with Crippen molar-refractivity contribution in [2.45, 2.75) is 6.18 Å². The molecule has 0 unspecified atom stereocenters. The highest BCUT2D eigenvalue weighted by atomic mass is 19.4. The van der Waals surface area contributed by atoms with Gasteiger partial charge in [0.2, 0.25) is 0 Å². The number of hydrogen-bond acceptors (Lipinski definition) is 7. The molecule has 0 saturated carbocycles. The normalized spacial score (nSPS) is 14.9. The number of rotatable bonds is 3. The van der Waals surface area contributed by atoms with Gasteiger partial charge >= 0.3 is 6.18 Å². The summed E-state index contributed by atoms with van der Waals surface area (Å²) in [6, 6.07) is 7.82. The number of aromatic nitrogens is 6. The molecule has 0 radical (unpaired) electrons. The van der Waals surface area contributed by atoms with Gasteiger partial charge in [-0.1, -0.05) is 6.07 Å². The zero-order valence-electron chi connectivity index (χ0n) is 15.0. The molecule has 1 fully saturated rings. The Labute approximate surface area is 162 Å². The van der Waals surface area contributed by atoms with E-state index >= 15 is 0 Å². The van der Waals surface area contributed by atoms with Crippen LogP contribution >= 0.6 is 0 Å². The monoisotopic (exact) mass is 404 g/mol. The molecule has 1 aliphatic heterocycles. The second kappa shape index (κ2) is 7.45. The van der Waals surface area contributed by atoms with Crippen LogP contribution in [0.2, 0.25) is 0 Å². The fourth-order valence-corrected chi connectivity index (χ4v) is 3.06. The molecule has 0 aliphatic carbocycles. The molecule has 29 heavy (non-hydrogen) atoms. The second-order valence-electron chi connectivity index (χ2n) is 6.34. The smallest absolute Gasteiger partial charge is 0.353 e. The summed E-state index contributed by atoms with van der Waals surface area (Å²) in [4.78, 5) is 23.4. The minimum absolute atomic E-state index is 0.168. The van der Waals surface area contributed by atoms with Crippen molar-refractivity contribution in [3.05, 3.63) is 54.2 Å². The SMILES string of the molecule is O=C(c1cccc(-n2cnnn2)c1)N1CCN(c2cc(C(F)(F)F)ncn2)CC1. The summed E-state index contributed by atoms with van der Waals surface area (Å²) in [6.07, 6.45) is -2.19. The van der Waals surface area contributed by atoms with Gasteiger partial charge in [-0.3, -0.25) is 4.79 Å². The van der Waals surface area contributed by atoms with E-state index < -0.39 is 11.9 Å². The van der Waals surface area contributed by atoms with Crippen LogP contribution in [0.1, 0.15) is 16.1 Å². The Morgan fingerprint density at radius 3 is 2.52 bits per heavy atom. The first kappa shape index (κ1) is 18.8. The summed E-state index contributed by atoms with van der Waals surface area (Å²) in [5.41, 5.74) is 0.147. The Bertz CT molecular complexity index is 1000. The van der Waals surface area contributed by atoms with Crippen LogP contribution in [0.4, 0.5) is 19.0 Å². The van der Waals surface area contributed by atoms with E-state index in [0.29, 0.717) is 37.4 Å². The molecule has 0 spiro atoms. The van der Waals surface area contributed by atoms with Gasteiger partial charge in [0.1, 0.15) is 24.2 Å². The Hall–Kier alpha value is -3.57. The number of piperazine rings is 1. The van der Waals surface area contributed by atoms with Crippen molar-refractivity contribution in [3.8, 4) is 5.69 Å². The molecule has 2 aromatic heterocycles. The van der Waals surface area contributed by atoms with Gasteiger partial charge in [0.25, 0.3) is 5.91 Å². The number of anilines is 1. The topological polar surface area (TPSA) is 92.9 Å². The van der Waals surface area contributed by atoms with Gasteiger partial charge < -0.3 is 9.80 Å². The fourth-order valence-electron chi connectivity index (χ4n) is 3.06. The van der Waals surface area contributed by atoms with Crippen LogP contribution in [-0.2, 0) is 6.18 Å². The molecule has 0 bridgehead atoms. The first-order valence-electron chi connectivity index (χ1n) is 8.69. The number of hydrogen-bond donors (Lipinski definition) is 0. The van der Waals surface area contributed by atoms with Gasteiger partial charge in [-0.25, -0.2) is 14.6 Å². The Kier molecular flexibility index (Phi) is 4.82. The van der Waals surface area contributed by atoms with E-state index in [-0.39, 0.29) is 11.7 Å². The first-order valence-corrected chi connectivity index (χ1v) is 8.69. The van der Waals surface area contributed by atoms with Gasteiger partial charge in [-0.15, -0.1) is 5.10 Å². The fraction of sp³-hybridized carbons (Fsp3) is 0.294. The van der Waals surface area contributed by atoms with Crippen LogP contribution in [0.5, 0.6) is 0 Å². The lowest BCUT2D eigenvalue weighted by atomic mass is 10.1. The molecule has 1 amide bonds. The number of alkyl halides is 3.